The lowest BCUT2D eigenvalue weighted by Gasteiger charge is -2.34. The number of nitriles is 1. The van der Waals surface area contributed by atoms with Gasteiger partial charge < -0.3 is 9.64 Å². The maximum Gasteiger partial charge on any atom is 0.178 e. The van der Waals surface area contributed by atoms with Crippen molar-refractivity contribution in [1.82, 2.24) is 9.97 Å². The molecule has 0 spiro atoms. The van der Waals surface area contributed by atoms with Gasteiger partial charge in [-0.25, -0.2) is 18.7 Å². The number of benzene rings is 2. The van der Waals surface area contributed by atoms with Crippen LogP contribution in [0.5, 0.6) is 5.75 Å². The van der Waals surface area contributed by atoms with Gasteiger partial charge in [0.15, 0.2) is 17.4 Å². The van der Waals surface area contributed by atoms with E-state index in [0.29, 0.717) is 48.8 Å². The van der Waals surface area contributed by atoms with E-state index in [0.717, 1.165) is 22.9 Å². The fraction of sp³-hybridized carbons (Fsp3) is 0.280. The molecule has 0 unspecified atom stereocenters. The average Bonchev–Trinajstić information content (AvgIpc) is 3.28. The van der Waals surface area contributed by atoms with Crippen LogP contribution in [0.1, 0.15) is 41.9 Å². The van der Waals surface area contributed by atoms with Crippen LogP contribution in [0.15, 0.2) is 35.5 Å². The largest absolute Gasteiger partial charge is 0.486 e. The second kappa shape index (κ2) is 8.24. The highest BCUT2D eigenvalue weighted by Crippen LogP contribution is 2.39. The Morgan fingerprint density at radius 2 is 2.03 bits per heavy atom. The summed E-state index contributed by atoms with van der Waals surface area (Å²) in [6.07, 6.45) is 3.12. The Morgan fingerprint density at radius 3 is 2.82 bits per heavy atom. The van der Waals surface area contributed by atoms with Gasteiger partial charge in [-0.05, 0) is 43.2 Å². The van der Waals surface area contributed by atoms with Crippen LogP contribution in [0.2, 0.25) is 0 Å². The van der Waals surface area contributed by atoms with Crippen molar-refractivity contribution in [3.8, 4) is 23.1 Å². The second-order valence-electron chi connectivity index (χ2n) is 8.40. The predicted octanol–water partition coefficient (Wildman–Crippen LogP) is 4.42. The molecular formula is C25H21F2N5O. The number of anilines is 1. The van der Waals surface area contributed by atoms with E-state index in [2.05, 4.69) is 21.0 Å². The lowest BCUT2D eigenvalue weighted by molar-refractivity contribution is 0.287. The summed E-state index contributed by atoms with van der Waals surface area (Å²) in [5.74, 6) is -0.627. The number of aliphatic imine (C=N–C) groups is 1. The Hall–Kier alpha value is -3.86. The van der Waals surface area contributed by atoms with Crippen molar-refractivity contribution in [2.75, 3.05) is 18.1 Å². The van der Waals surface area contributed by atoms with Crippen molar-refractivity contribution in [3.63, 3.8) is 0 Å². The molecule has 1 aromatic heterocycles. The molecule has 0 aliphatic carbocycles. The molecule has 0 radical (unpaired) electrons. The molecule has 2 aromatic carbocycles. The zero-order valence-electron chi connectivity index (χ0n) is 18.3. The van der Waals surface area contributed by atoms with Crippen molar-refractivity contribution >= 4 is 11.9 Å². The average molecular weight is 445 g/mol. The molecule has 5 rings (SSSR count). The molecule has 0 bridgehead atoms. The third-order valence-electron chi connectivity index (χ3n) is 5.89. The van der Waals surface area contributed by atoms with Gasteiger partial charge in [0.05, 0.1) is 36.6 Å². The standard InChI is InChI=1S/C25H21F2N5O/c1-14(2)32-3-4-33-25-20(26)8-16(9-22(25)32)24-21(27)13-30-23(31-24)7-15-5-17(10-28)19-12-29-11-18(19)6-15/h5-6,8-9,12-14H,3-4,7,11H2,1-2H3. The minimum absolute atomic E-state index is 0.0287. The van der Waals surface area contributed by atoms with Crippen LogP contribution in [-0.4, -0.2) is 35.4 Å². The van der Waals surface area contributed by atoms with Crippen molar-refractivity contribution in [1.29, 1.82) is 5.26 Å². The van der Waals surface area contributed by atoms with Crippen molar-refractivity contribution in [2.24, 2.45) is 4.99 Å². The maximum atomic E-state index is 14.9. The van der Waals surface area contributed by atoms with Gasteiger partial charge in [0.1, 0.15) is 18.1 Å². The van der Waals surface area contributed by atoms with Gasteiger partial charge in [0, 0.05) is 29.8 Å². The Morgan fingerprint density at radius 1 is 1.18 bits per heavy atom. The van der Waals surface area contributed by atoms with E-state index in [1.165, 1.54) is 6.07 Å². The van der Waals surface area contributed by atoms with Crippen LogP contribution in [0, 0.1) is 23.0 Å². The maximum absolute atomic E-state index is 14.9. The summed E-state index contributed by atoms with van der Waals surface area (Å²) in [5, 5.41) is 9.46. The first-order chi connectivity index (χ1) is 15.9. The SMILES string of the molecule is CC(C)N1CCOc2c(F)cc(-c3nc(Cc4cc(C#N)c5c(c4)CN=C5)ncc3F)cc21. The van der Waals surface area contributed by atoms with Gasteiger partial charge in [0.2, 0.25) is 0 Å². The lowest BCUT2D eigenvalue weighted by atomic mass is 9.98. The van der Waals surface area contributed by atoms with E-state index >= 15 is 0 Å². The normalized spacial score (nSPS) is 14.1. The number of fused-ring (bicyclic) bond motifs is 2. The summed E-state index contributed by atoms with van der Waals surface area (Å²) in [6, 6.07) is 9.03. The molecule has 0 saturated carbocycles. The number of ether oxygens (including phenoxy) is 1. The van der Waals surface area contributed by atoms with Crippen LogP contribution < -0.4 is 9.64 Å². The van der Waals surface area contributed by atoms with Crippen LogP contribution in [-0.2, 0) is 13.0 Å². The van der Waals surface area contributed by atoms with Gasteiger partial charge in [-0.3, -0.25) is 4.99 Å². The second-order valence-corrected chi connectivity index (χ2v) is 8.40. The van der Waals surface area contributed by atoms with E-state index in [9.17, 15) is 14.0 Å². The van der Waals surface area contributed by atoms with Crippen LogP contribution in [0.4, 0.5) is 14.5 Å². The number of rotatable bonds is 4. The molecule has 2 aliphatic rings. The molecule has 0 saturated heterocycles. The summed E-state index contributed by atoms with van der Waals surface area (Å²) in [7, 11) is 0. The summed E-state index contributed by atoms with van der Waals surface area (Å²) >= 11 is 0. The van der Waals surface area contributed by atoms with Crippen LogP contribution in [0.3, 0.4) is 0 Å². The molecular weight excluding hydrogens is 424 g/mol. The Kier molecular flexibility index (Phi) is 5.25. The molecule has 33 heavy (non-hydrogen) atoms. The topological polar surface area (TPSA) is 74.4 Å². The predicted molar refractivity (Wildman–Crippen MR) is 121 cm³/mol. The molecule has 0 amide bonds. The minimum atomic E-state index is -0.633. The third kappa shape index (κ3) is 3.80. The summed E-state index contributed by atoms with van der Waals surface area (Å²) in [5.41, 5.74) is 4.12. The van der Waals surface area contributed by atoms with Crippen molar-refractivity contribution < 1.29 is 13.5 Å². The summed E-state index contributed by atoms with van der Waals surface area (Å²) in [6.45, 7) is 5.56. The quantitative estimate of drug-likeness (QED) is 0.594. The third-order valence-corrected chi connectivity index (χ3v) is 5.89. The Bertz CT molecular complexity index is 1330. The summed E-state index contributed by atoms with van der Waals surface area (Å²) in [4.78, 5) is 14.8. The van der Waals surface area contributed by atoms with Gasteiger partial charge in [-0.2, -0.15) is 5.26 Å². The molecule has 0 fully saturated rings. The van der Waals surface area contributed by atoms with Crippen LogP contribution in [0.25, 0.3) is 11.3 Å². The van der Waals surface area contributed by atoms with E-state index in [-0.39, 0.29) is 17.5 Å². The molecule has 166 valence electrons. The van der Waals surface area contributed by atoms with Gasteiger partial charge in [0.25, 0.3) is 0 Å². The van der Waals surface area contributed by atoms with Crippen molar-refractivity contribution in [3.05, 3.63) is 70.2 Å². The van der Waals surface area contributed by atoms with Gasteiger partial charge in [-0.1, -0.05) is 6.07 Å². The van der Waals surface area contributed by atoms with Crippen LogP contribution >= 0.6 is 0 Å². The van der Waals surface area contributed by atoms with Gasteiger partial charge in [-0.15, -0.1) is 0 Å². The monoisotopic (exact) mass is 445 g/mol. The molecule has 3 heterocycles. The molecule has 3 aromatic rings. The fourth-order valence-electron chi connectivity index (χ4n) is 4.34. The van der Waals surface area contributed by atoms with E-state index < -0.39 is 11.6 Å². The van der Waals surface area contributed by atoms with Crippen molar-refractivity contribution in [2.45, 2.75) is 32.9 Å². The number of aromatic nitrogens is 2. The molecule has 0 N–H and O–H groups in total. The minimum Gasteiger partial charge on any atom is -0.486 e. The number of hydrogen-bond donors (Lipinski definition) is 0. The number of hydrogen-bond acceptors (Lipinski definition) is 6. The highest BCUT2D eigenvalue weighted by atomic mass is 19.1. The first-order valence-corrected chi connectivity index (χ1v) is 10.7. The Labute approximate surface area is 190 Å². The zero-order valence-corrected chi connectivity index (χ0v) is 18.3. The number of halogens is 2. The lowest BCUT2D eigenvalue weighted by Crippen LogP contribution is -2.38. The molecule has 0 atom stereocenters. The Balaban J connectivity index is 1.53. The zero-order chi connectivity index (χ0) is 23.1. The highest BCUT2D eigenvalue weighted by Gasteiger charge is 2.25. The first-order valence-electron chi connectivity index (χ1n) is 10.7. The van der Waals surface area contributed by atoms with E-state index in [4.69, 9.17) is 4.74 Å². The molecule has 6 nitrogen and oxygen atoms in total. The number of nitrogens with zero attached hydrogens (tertiary/aromatic N) is 5. The fourth-order valence-corrected chi connectivity index (χ4v) is 4.34. The molecule has 2 aliphatic heterocycles. The first kappa shape index (κ1) is 21.0. The van der Waals surface area contributed by atoms with E-state index in [1.807, 2.05) is 24.8 Å². The summed E-state index contributed by atoms with van der Waals surface area (Å²) < 4.78 is 35.2. The van der Waals surface area contributed by atoms with Gasteiger partial charge >= 0.3 is 0 Å². The molecule has 8 heteroatoms. The smallest absolute Gasteiger partial charge is 0.178 e. The van der Waals surface area contributed by atoms with E-state index in [1.54, 1.807) is 18.3 Å². The highest BCUT2D eigenvalue weighted by molar-refractivity contribution is 5.88.